The van der Waals surface area contributed by atoms with Crippen molar-refractivity contribution in [2.24, 2.45) is 0 Å². The fraction of sp³-hybridized carbons (Fsp3) is 0.0833. The predicted molar refractivity (Wildman–Crippen MR) is 143 cm³/mol. The van der Waals surface area contributed by atoms with Crippen molar-refractivity contribution in [3.63, 3.8) is 0 Å². The van der Waals surface area contributed by atoms with Crippen molar-refractivity contribution in [3.05, 3.63) is 100 Å². The molecule has 172 valence electrons. The maximum atomic E-state index is 12.7. The van der Waals surface area contributed by atoms with E-state index in [0.29, 0.717) is 32.1 Å². The molecule has 0 heterocycles. The van der Waals surface area contributed by atoms with E-state index in [1.54, 1.807) is 42.5 Å². The Morgan fingerprint density at radius 1 is 1.29 bits per heavy atom. The Balaban J connectivity index is 1.79. The molecular formula is C24H16BrClIN3O4. The first kappa shape index (κ1) is 25.7. The molecule has 0 saturated heterocycles. The van der Waals surface area contributed by atoms with Crippen molar-refractivity contribution >= 4 is 73.5 Å². The maximum absolute atomic E-state index is 12.7. The van der Waals surface area contributed by atoms with Crippen LogP contribution < -0.4 is 10.1 Å². The highest BCUT2D eigenvalue weighted by Gasteiger charge is 2.14. The molecule has 0 spiro atoms. The van der Waals surface area contributed by atoms with Gasteiger partial charge in [-0.15, -0.1) is 0 Å². The zero-order valence-electron chi connectivity index (χ0n) is 17.6. The Morgan fingerprint density at radius 3 is 2.74 bits per heavy atom. The van der Waals surface area contributed by atoms with Crippen molar-refractivity contribution in [2.45, 2.75) is 13.5 Å². The number of nitro benzene ring substituents is 1. The second-order valence-corrected chi connectivity index (χ2v) is 9.57. The van der Waals surface area contributed by atoms with Gasteiger partial charge in [-0.3, -0.25) is 14.9 Å². The topological polar surface area (TPSA) is 105 Å². The van der Waals surface area contributed by atoms with Gasteiger partial charge in [0.2, 0.25) is 0 Å². The highest BCUT2D eigenvalue weighted by Crippen LogP contribution is 2.33. The van der Waals surface area contributed by atoms with Crippen LogP contribution in [0.5, 0.6) is 5.75 Å². The third kappa shape index (κ3) is 6.56. The largest absolute Gasteiger partial charge is 0.487 e. The minimum atomic E-state index is -0.551. The number of halogens is 3. The van der Waals surface area contributed by atoms with E-state index < -0.39 is 10.8 Å². The summed E-state index contributed by atoms with van der Waals surface area (Å²) in [5.41, 5.74) is 2.53. The molecule has 0 bridgehead atoms. The van der Waals surface area contributed by atoms with E-state index in [4.69, 9.17) is 16.3 Å². The van der Waals surface area contributed by atoms with Crippen LogP contribution in [0.4, 0.5) is 11.4 Å². The van der Waals surface area contributed by atoms with E-state index >= 15 is 0 Å². The average Bonchev–Trinajstić information content (AvgIpc) is 2.79. The second-order valence-electron chi connectivity index (χ2n) is 7.11. The van der Waals surface area contributed by atoms with Crippen LogP contribution in [0.1, 0.15) is 16.7 Å². The van der Waals surface area contributed by atoms with Crippen molar-refractivity contribution in [1.29, 1.82) is 5.26 Å². The van der Waals surface area contributed by atoms with Gasteiger partial charge in [0.25, 0.3) is 11.6 Å². The van der Waals surface area contributed by atoms with Gasteiger partial charge in [-0.05, 0) is 92.5 Å². The summed E-state index contributed by atoms with van der Waals surface area (Å²) in [6.07, 6.45) is 1.48. The molecule has 0 radical (unpaired) electrons. The number of nitrogens with one attached hydrogen (secondary N) is 1. The Labute approximate surface area is 222 Å². The lowest BCUT2D eigenvalue weighted by Crippen LogP contribution is -2.14. The van der Waals surface area contributed by atoms with E-state index in [9.17, 15) is 20.2 Å². The fourth-order valence-corrected chi connectivity index (χ4v) is 4.89. The minimum Gasteiger partial charge on any atom is -0.487 e. The van der Waals surface area contributed by atoms with Crippen molar-refractivity contribution in [3.8, 4) is 11.8 Å². The van der Waals surface area contributed by atoms with Gasteiger partial charge in [-0.25, -0.2) is 0 Å². The van der Waals surface area contributed by atoms with Crippen LogP contribution in [0.3, 0.4) is 0 Å². The molecule has 0 aliphatic heterocycles. The SMILES string of the molecule is Cc1ccc(Cl)cc1NC(=O)/C(C#N)=C/c1cc(Br)c(OCc2cccc([N+](=O)[O-])c2)c(I)c1. The standard InChI is InChI=1S/C24H16BrClIN3O4/c1-14-5-6-18(26)11-22(14)29-24(31)17(12-28)7-16-9-20(25)23(21(27)10-16)34-13-15-3-2-4-19(8-15)30(32)33/h2-11H,13H2,1H3,(H,29,31)/b17-7+. The molecule has 0 aromatic heterocycles. The Kier molecular flexibility index (Phi) is 8.66. The van der Waals surface area contributed by atoms with E-state index in [0.717, 1.165) is 9.13 Å². The number of non-ortho nitro benzene ring substituents is 1. The predicted octanol–water partition coefficient (Wildman–Crippen LogP) is 7.05. The van der Waals surface area contributed by atoms with Crippen molar-refractivity contribution < 1.29 is 14.5 Å². The number of anilines is 1. The molecule has 3 aromatic carbocycles. The third-order valence-electron chi connectivity index (χ3n) is 4.65. The van der Waals surface area contributed by atoms with Crippen LogP contribution in [0.2, 0.25) is 5.02 Å². The number of nitrogens with zero attached hydrogens (tertiary/aromatic N) is 2. The summed E-state index contributed by atoms with van der Waals surface area (Å²) in [4.78, 5) is 23.2. The lowest BCUT2D eigenvalue weighted by molar-refractivity contribution is -0.384. The molecule has 0 saturated carbocycles. The Hall–Kier alpha value is -2.94. The molecule has 0 atom stereocenters. The molecule has 0 aliphatic rings. The number of ether oxygens (including phenoxy) is 1. The summed E-state index contributed by atoms with van der Waals surface area (Å²) < 4.78 is 7.21. The van der Waals surface area contributed by atoms with Crippen LogP contribution in [0.25, 0.3) is 6.08 Å². The third-order valence-corrected chi connectivity index (χ3v) is 6.27. The number of rotatable bonds is 7. The second kappa shape index (κ2) is 11.5. The van der Waals surface area contributed by atoms with Gasteiger partial charge in [-0.2, -0.15) is 5.26 Å². The van der Waals surface area contributed by atoms with Crippen LogP contribution in [0, 0.1) is 31.9 Å². The lowest BCUT2D eigenvalue weighted by atomic mass is 10.1. The summed E-state index contributed by atoms with van der Waals surface area (Å²) in [5, 5.41) is 23.7. The van der Waals surface area contributed by atoms with Crippen LogP contribution in [-0.4, -0.2) is 10.8 Å². The first-order chi connectivity index (χ1) is 16.2. The Bertz CT molecular complexity index is 1330. The molecule has 0 aliphatic carbocycles. The molecule has 1 amide bonds. The average molecular weight is 653 g/mol. The van der Waals surface area contributed by atoms with Crippen LogP contribution >= 0.6 is 50.1 Å². The molecule has 10 heteroatoms. The van der Waals surface area contributed by atoms with E-state index in [2.05, 4.69) is 43.8 Å². The normalized spacial score (nSPS) is 11.0. The number of carbonyl (C=O) groups is 1. The number of nitro groups is 1. The zero-order chi connectivity index (χ0) is 24.8. The summed E-state index contributed by atoms with van der Waals surface area (Å²) in [6, 6.07) is 16.8. The van der Waals surface area contributed by atoms with Gasteiger partial charge in [0.05, 0.1) is 13.0 Å². The lowest BCUT2D eigenvalue weighted by Gasteiger charge is -2.12. The monoisotopic (exact) mass is 651 g/mol. The molecule has 3 aromatic rings. The van der Waals surface area contributed by atoms with Gasteiger partial charge in [-0.1, -0.05) is 29.8 Å². The first-order valence-corrected chi connectivity index (χ1v) is 12.0. The van der Waals surface area contributed by atoms with Gasteiger partial charge in [0.1, 0.15) is 24.0 Å². The van der Waals surface area contributed by atoms with Crippen LogP contribution in [0.15, 0.2) is 64.6 Å². The number of aryl methyl sites for hydroxylation is 1. The van der Waals surface area contributed by atoms with Gasteiger partial charge < -0.3 is 10.1 Å². The van der Waals surface area contributed by atoms with E-state index in [1.165, 1.54) is 18.2 Å². The number of amides is 1. The van der Waals surface area contributed by atoms with Crippen molar-refractivity contribution in [1.82, 2.24) is 0 Å². The van der Waals surface area contributed by atoms with Gasteiger partial charge >= 0.3 is 0 Å². The highest BCUT2D eigenvalue weighted by molar-refractivity contribution is 14.1. The number of carbonyl (C=O) groups excluding carboxylic acids is 1. The van der Waals surface area contributed by atoms with E-state index in [1.807, 2.05) is 13.0 Å². The number of hydrogen-bond donors (Lipinski definition) is 1. The summed E-state index contributed by atoms with van der Waals surface area (Å²) in [5.74, 6) is -0.00763. The molecular weight excluding hydrogens is 637 g/mol. The summed E-state index contributed by atoms with van der Waals surface area (Å²) >= 11 is 11.5. The minimum absolute atomic E-state index is 0.00868. The van der Waals surface area contributed by atoms with Gasteiger partial charge in [0.15, 0.2) is 0 Å². The molecule has 3 rings (SSSR count). The maximum Gasteiger partial charge on any atom is 0.269 e. The fourth-order valence-electron chi connectivity index (χ4n) is 2.95. The van der Waals surface area contributed by atoms with E-state index in [-0.39, 0.29) is 17.9 Å². The summed E-state index contributed by atoms with van der Waals surface area (Å²) in [7, 11) is 0. The first-order valence-electron chi connectivity index (χ1n) is 9.72. The smallest absolute Gasteiger partial charge is 0.269 e. The molecule has 0 unspecified atom stereocenters. The zero-order valence-corrected chi connectivity index (χ0v) is 22.1. The molecule has 7 nitrogen and oxygen atoms in total. The van der Waals surface area contributed by atoms with Gasteiger partial charge in [0, 0.05) is 22.8 Å². The highest BCUT2D eigenvalue weighted by atomic mass is 127. The van der Waals surface area contributed by atoms with Crippen molar-refractivity contribution in [2.75, 3.05) is 5.32 Å². The molecule has 0 fully saturated rings. The molecule has 1 N–H and O–H groups in total. The molecule has 34 heavy (non-hydrogen) atoms. The Morgan fingerprint density at radius 2 is 2.06 bits per heavy atom. The number of nitriles is 1. The van der Waals surface area contributed by atoms with Crippen LogP contribution in [-0.2, 0) is 11.4 Å². The number of hydrogen-bond acceptors (Lipinski definition) is 5. The number of benzene rings is 3. The summed E-state index contributed by atoms with van der Waals surface area (Å²) in [6.45, 7) is 1.96. The quantitative estimate of drug-likeness (QED) is 0.0969.